The van der Waals surface area contributed by atoms with E-state index in [0.717, 1.165) is 0 Å². The van der Waals surface area contributed by atoms with E-state index in [2.05, 4.69) is 0 Å². The summed E-state index contributed by atoms with van der Waals surface area (Å²) in [7, 11) is 0. The molecule has 0 aromatic rings. The van der Waals surface area contributed by atoms with Gasteiger partial charge in [-0.05, 0) is 6.92 Å². The van der Waals surface area contributed by atoms with Crippen LogP contribution in [0.25, 0.3) is 0 Å². The standard InChI is InChI=1S/C6H6N2O3/c1-2(9)3-4(7)6(11)8-5(3)10/h7,9H,1H3,(H,8,10,11)/b3-2-,7-4?. The lowest BCUT2D eigenvalue weighted by molar-refractivity contribution is -0.122. The van der Waals surface area contributed by atoms with Gasteiger partial charge in [0.15, 0.2) is 0 Å². The van der Waals surface area contributed by atoms with Crippen LogP contribution < -0.4 is 5.32 Å². The van der Waals surface area contributed by atoms with Crippen LogP contribution in [0.15, 0.2) is 11.3 Å². The Labute approximate surface area is 62.2 Å². The van der Waals surface area contributed by atoms with Gasteiger partial charge in [-0.15, -0.1) is 0 Å². The van der Waals surface area contributed by atoms with Gasteiger partial charge in [0.05, 0.1) is 0 Å². The van der Waals surface area contributed by atoms with Gasteiger partial charge in [0.25, 0.3) is 11.8 Å². The highest BCUT2D eigenvalue weighted by molar-refractivity contribution is 6.57. The monoisotopic (exact) mass is 154 g/mol. The summed E-state index contributed by atoms with van der Waals surface area (Å²) in [5, 5.41) is 17.7. The van der Waals surface area contributed by atoms with Crippen LogP contribution >= 0.6 is 0 Å². The quantitative estimate of drug-likeness (QED) is 0.249. The highest BCUT2D eigenvalue weighted by Gasteiger charge is 2.32. The molecule has 2 amide bonds. The molecule has 1 fully saturated rings. The average molecular weight is 154 g/mol. The lowest BCUT2D eigenvalue weighted by atomic mass is 10.2. The molecule has 1 aliphatic rings. The maximum atomic E-state index is 10.7. The van der Waals surface area contributed by atoms with Crippen molar-refractivity contribution in [3.05, 3.63) is 11.3 Å². The van der Waals surface area contributed by atoms with Crippen molar-refractivity contribution in [1.29, 1.82) is 5.41 Å². The Morgan fingerprint density at radius 3 is 2.18 bits per heavy atom. The number of aliphatic hydroxyl groups is 1. The van der Waals surface area contributed by atoms with Gasteiger partial charge in [-0.25, -0.2) is 0 Å². The molecular weight excluding hydrogens is 148 g/mol. The summed E-state index contributed by atoms with van der Waals surface area (Å²) >= 11 is 0. The van der Waals surface area contributed by atoms with Gasteiger partial charge in [0, 0.05) is 0 Å². The van der Waals surface area contributed by atoms with Crippen molar-refractivity contribution in [3.8, 4) is 0 Å². The smallest absolute Gasteiger partial charge is 0.276 e. The molecule has 0 aliphatic carbocycles. The molecule has 5 heteroatoms. The van der Waals surface area contributed by atoms with E-state index in [1.807, 2.05) is 5.32 Å². The highest BCUT2D eigenvalue weighted by Crippen LogP contribution is 2.08. The van der Waals surface area contributed by atoms with Gasteiger partial charge in [-0.3, -0.25) is 20.3 Å². The molecule has 0 aromatic carbocycles. The summed E-state index contributed by atoms with van der Waals surface area (Å²) in [6.45, 7) is 1.25. The van der Waals surface area contributed by atoms with E-state index in [0.29, 0.717) is 0 Å². The zero-order chi connectivity index (χ0) is 8.59. The van der Waals surface area contributed by atoms with Crippen LogP contribution in [0.2, 0.25) is 0 Å². The number of hydrogen-bond donors (Lipinski definition) is 3. The fourth-order valence-electron chi connectivity index (χ4n) is 0.800. The van der Waals surface area contributed by atoms with Gasteiger partial charge in [0.1, 0.15) is 17.0 Å². The fourth-order valence-corrected chi connectivity index (χ4v) is 0.800. The molecule has 0 bridgehead atoms. The lowest BCUT2D eigenvalue weighted by Crippen LogP contribution is -2.21. The fraction of sp³-hybridized carbons (Fsp3) is 0.167. The molecule has 3 N–H and O–H groups in total. The van der Waals surface area contributed by atoms with E-state index < -0.39 is 17.5 Å². The average Bonchev–Trinajstić information content (AvgIpc) is 2.07. The third-order valence-electron chi connectivity index (χ3n) is 1.29. The van der Waals surface area contributed by atoms with E-state index >= 15 is 0 Å². The zero-order valence-corrected chi connectivity index (χ0v) is 5.76. The van der Waals surface area contributed by atoms with Crippen molar-refractivity contribution in [3.63, 3.8) is 0 Å². The summed E-state index contributed by atoms with van der Waals surface area (Å²) in [5.74, 6) is -1.78. The largest absolute Gasteiger partial charge is 0.512 e. The number of amides is 2. The van der Waals surface area contributed by atoms with Crippen LogP contribution in [-0.2, 0) is 9.59 Å². The summed E-state index contributed by atoms with van der Waals surface area (Å²) in [4.78, 5) is 21.3. The molecule has 1 rings (SSSR count). The summed E-state index contributed by atoms with van der Waals surface area (Å²) in [6.07, 6.45) is 0. The van der Waals surface area contributed by atoms with E-state index in [1.165, 1.54) is 6.92 Å². The first-order chi connectivity index (χ1) is 5.04. The van der Waals surface area contributed by atoms with Crippen LogP contribution in [-0.4, -0.2) is 22.6 Å². The molecule has 1 heterocycles. The second kappa shape index (κ2) is 2.19. The number of nitrogens with one attached hydrogen (secondary N) is 2. The molecule has 5 nitrogen and oxygen atoms in total. The van der Waals surface area contributed by atoms with Crippen LogP contribution in [0.3, 0.4) is 0 Å². The van der Waals surface area contributed by atoms with Crippen LogP contribution in [0.5, 0.6) is 0 Å². The van der Waals surface area contributed by atoms with Crippen molar-refractivity contribution in [2.45, 2.75) is 6.92 Å². The zero-order valence-electron chi connectivity index (χ0n) is 5.76. The third-order valence-corrected chi connectivity index (χ3v) is 1.29. The van der Waals surface area contributed by atoms with Gasteiger partial charge < -0.3 is 5.11 Å². The first-order valence-corrected chi connectivity index (χ1v) is 2.88. The van der Waals surface area contributed by atoms with Crippen molar-refractivity contribution in [1.82, 2.24) is 5.32 Å². The molecule has 0 aromatic heterocycles. The minimum absolute atomic E-state index is 0.241. The Balaban J connectivity index is 3.19. The Bertz CT molecular complexity index is 286. The number of imide groups is 1. The minimum atomic E-state index is -0.765. The van der Waals surface area contributed by atoms with Crippen molar-refractivity contribution < 1.29 is 14.7 Å². The van der Waals surface area contributed by atoms with E-state index in [4.69, 9.17) is 10.5 Å². The second-order valence-corrected chi connectivity index (χ2v) is 2.12. The number of rotatable bonds is 0. The van der Waals surface area contributed by atoms with E-state index in [-0.39, 0.29) is 11.3 Å². The Morgan fingerprint density at radius 1 is 1.45 bits per heavy atom. The van der Waals surface area contributed by atoms with Crippen LogP contribution in [0.4, 0.5) is 0 Å². The molecular formula is C6H6N2O3. The highest BCUT2D eigenvalue weighted by atomic mass is 16.3. The van der Waals surface area contributed by atoms with Crippen molar-refractivity contribution in [2.24, 2.45) is 0 Å². The molecule has 0 unspecified atom stereocenters. The SMILES string of the molecule is C/C(O)=C1\C(=N)C(=O)NC1=O. The van der Waals surface area contributed by atoms with Gasteiger partial charge in [-0.2, -0.15) is 0 Å². The predicted molar refractivity (Wildman–Crippen MR) is 36.2 cm³/mol. The van der Waals surface area contributed by atoms with E-state index in [1.54, 1.807) is 0 Å². The molecule has 0 spiro atoms. The first-order valence-electron chi connectivity index (χ1n) is 2.88. The summed E-state index contributed by atoms with van der Waals surface area (Å²) in [5.41, 5.74) is -0.718. The van der Waals surface area contributed by atoms with Crippen molar-refractivity contribution in [2.75, 3.05) is 0 Å². The van der Waals surface area contributed by atoms with Gasteiger partial charge in [0.2, 0.25) is 0 Å². The minimum Gasteiger partial charge on any atom is -0.512 e. The number of aliphatic hydroxyl groups excluding tert-OH is 1. The van der Waals surface area contributed by atoms with Gasteiger partial charge >= 0.3 is 0 Å². The van der Waals surface area contributed by atoms with E-state index in [9.17, 15) is 9.59 Å². The Kier molecular flexibility index (Phi) is 1.48. The molecule has 11 heavy (non-hydrogen) atoms. The third kappa shape index (κ3) is 1.000. The predicted octanol–water partition coefficient (Wildman–Crippen LogP) is -0.505. The van der Waals surface area contributed by atoms with Crippen molar-refractivity contribution >= 4 is 17.5 Å². The molecule has 0 atom stereocenters. The number of allylic oxidation sites excluding steroid dienone is 1. The molecule has 1 aliphatic heterocycles. The van der Waals surface area contributed by atoms with Gasteiger partial charge in [-0.1, -0.05) is 0 Å². The van der Waals surface area contributed by atoms with Crippen LogP contribution in [0, 0.1) is 5.41 Å². The number of carbonyl (C=O) groups excluding carboxylic acids is 2. The number of carbonyl (C=O) groups is 2. The normalized spacial score (nSPS) is 22.1. The molecule has 0 saturated carbocycles. The Hall–Kier alpha value is -1.65. The lowest BCUT2D eigenvalue weighted by Gasteiger charge is -1.91. The summed E-state index contributed by atoms with van der Waals surface area (Å²) in [6, 6.07) is 0. The second-order valence-electron chi connectivity index (χ2n) is 2.12. The topological polar surface area (TPSA) is 90.2 Å². The summed E-state index contributed by atoms with van der Waals surface area (Å²) < 4.78 is 0. The molecule has 0 radical (unpaired) electrons. The van der Waals surface area contributed by atoms with Crippen LogP contribution in [0.1, 0.15) is 6.92 Å². The number of hydrogen-bond acceptors (Lipinski definition) is 4. The maximum Gasteiger partial charge on any atom is 0.276 e. The molecule has 58 valence electrons. The maximum absolute atomic E-state index is 10.7. The Morgan fingerprint density at radius 2 is 2.00 bits per heavy atom. The molecule has 1 saturated heterocycles. The first kappa shape index (κ1) is 7.46.